The van der Waals surface area contributed by atoms with Crippen LogP contribution in [-0.2, 0) is 14.3 Å². The molecule has 2 rings (SSSR count). The number of carbonyl (C=O) groups is 3. The van der Waals surface area contributed by atoms with E-state index in [0.717, 1.165) is 17.5 Å². The van der Waals surface area contributed by atoms with E-state index in [1.54, 1.807) is 6.07 Å². The number of esters is 1. The molecule has 2 N–H and O–H groups in total. The zero-order valence-electron chi connectivity index (χ0n) is 14.9. The highest BCUT2D eigenvalue weighted by molar-refractivity contribution is 6.02. The number of aryl methyl sites for hydroxylation is 2. The standard InChI is InChI=1S/C19H26N2O4/c1-13-7-9-16(14(2)11-13)20-19(24)21-17(22)12-25-18(23)10-8-15-5-3-4-6-15/h7,9,11,15H,3-6,8,10,12H2,1-2H3,(H2,20,21,22,24). The molecule has 3 amide bonds. The number of nitrogens with one attached hydrogen (secondary N) is 2. The minimum absolute atomic E-state index is 0.326. The number of anilines is 1. The van der Waals surface area contributed by atoms with Crippen LogP contribution in [0.3, 0.4) is 0 Å². The molecule has 25 heavy (non-hydrogen) atoms. The number of ether oxygens (including phenoxy) is 1. The van der Waals surface area contributed by atoms with Crippen LogP contribution in [0.15, 0.2) is 18.2 Å². The van der Waals surface area contributed by atoms with Gasteiger partial charge in [0.25, 0.3) is 5.91 Å². The molecule has 1 aromatic carbocycles. The molecule has 1 fully saturated rings. The van der Waals surface area contributed by atoms with Crippen molar-refractivity contribution in [3.05, 3.63) is 29.3 Å². The molecule has 0 radical (unpaired) electrons. The summed E-state index contributed by atoms with van der Waals surface area (Å²) in [6, 6.07) is 4.94. The maximum absolute atomic E-state index is 11.8. The lowest BCUT2D eigenvalue weighted by Gasteiger charge is -2.10. The number of rotatable bonds is 6. The number of imide groups is 1. The van der Waals surface area contributed by atoms with E-state index in [0.29, 0.717) is 18.0 Å². The van der Waals surface area contributed by atoms with Gasteiger partial charge in [-0.1, -0.05) is 43.4 Å². The van der Waals surface area contributed by atoms with Gasteiger partial charge >= 0.3 is 12.0 Å². The highest BCUT2D eigenvalue weighted by atomic mass is 16.5. The SMILES string of the molecule is Cc1ccc(NC(=O)NC(=O)COC(=O)CCC2CCCC2)c(C)c1. The van der Waals surface area contributed by atoms with E-state index in [1.807, 2.05) is 26.0 Å². The Morgan fingerprint density at radius 3 is 2.56 bits per heavy atom. The molecule has 0 bridgehead atoms. The minimum Gasteiger partial charge on any atom is -0.456 e. The van der Waals surface area contributed by atoms with Crippen molar-refractivity contribution in [3.63, 3.8) is 0 Å². The lowest BCUT2D eigenvalue weighted by Crippen LogP contribution is -2.37. The van der Waals surface area contributed by atoms with Crippen LogP contribution in [0, 0.1) is 19.8 Å². The van der Waals surface area contributed by atoms with Gasteiger partial charge in [0.15, 0.2) is 6.61 Å². The lowest BCUT2D eigenvalue weighted by molar-refractivity contribution is -0.148. The smallest absolute Gasteiger partial charge is 0.325 e. The first-order valence-electron chi connectivity index (χ1n) is 8.78. The fraction of sp³-hybridized carbons (Fsp3) is 0.526. The molecule has 0 saturated heterocycles. The normalized spacial score (nSPS) is 14.2. The average molecular weight is 346 g/mol. The van der Waals surface area contributed by atoms with Crippen molar-refractivity contribution >= 4 is 23.6 Å². The van der Waals surface area contributed by atoms with Gasteiger partial charge < -0.3 is 10.1 Å². The summed E-state index contributed by atoms with van der Waals surface area (Å²) in [5.41, 5.74) is 2.62. The third-order valence-corrected chi connectivity index (χ3v) is 4.48. The van der Waals surface area contributed by atoms with E-state index in [9.17, 15) is 14.4 Å². The Morgan fingerprint density at radius 1 is 1.16 bits per heavy atom. The second kappa shape index (κ2) is 9.20. The molecule has 0 heterocycles. The van der Waals surface area contributed by atoms with Crippen molar-refractivity contribution in [2.75, 3.05) is 11.9 Å². The monoisotopic (exact) mass is 346 g/mol. The first-order chi connectivity index (χ1) is 11.9. The first kappa shape index (κ1) is 19.0. The van der Waals surface area contributed by atoms with Gasteiger partial charge in [0, 0.05) is 12.1 Å². The largest absolute Gasteiger partial charge is 0.456 e. The minimum atomic E-state index is -0.642. The van der Waals surface area contributed by atoms with E-state index >= 15 is 0 Å². The van der Waals surface area contributed by atoms with Gasteiger partial charge in [0.2, 0.25) is 0 Å². The molecular weight excluding hydrogens is 320 g/mol. The number of hydrogen-bond acceptors (Lipinski definition) is 4. The molecule has 6 nitrogen and oxygen atoms in total. The molecule has 1 aromatic rings. The fourth-order valence-electron chi connectivity index (χ4n) is 3.11. The molecule has 0 aromatic heterocycles. The Balaban J connectivity index is 1.66. The zero-order chi connectivity index (χ0) is 18.2. The van der Waals surface area contributed by atoms with E-state index < -0.39 is 24.5 Å². The Kier molecular flexibility index (Phi) is 6.98. The molecule has 1 aliphatic rings. The Hall–Kier alpha value is -2.37. The van der Waals surface area contributed by atoms with Crippen LogP contribution in [0.5, 0.6) is 0 Å². The van der Waals surface area contributed by atoms with Crippen LogP contribution < -0.4 is 10.6 Å². The summed E-state index contributed by atoms with van der Waals surface area (Å²) in [5.74, 6) is -0.432. The van der Waals surface area contributed by atoms with Crippen molar-refractivity contribution in [1.29, 1.82) is 0 Å². The molecule has 6 heteroatoms. The molecule has 1 saturated carbocycles. The van der Waals surface area contributed by atoms with E-state index in [4.69, 9.17) is 4.74 Å². The second-order valence-electron chi connectivity index (χ2n) is 6.67. The summed E-state index contributed by atoms with van der Waals surface area (Å²) in [6.07, 6.45) is 5.95. The topological polar surface area (TPSA) is 84.5 Å². The highest BCUT2D eigenvalue weighted by Crippen LogP contribution is 2.28. The van der Waals surface area contributed by atoms with Gasteiger partial charge in [0.05, 0.1) is 0 Å². The molecule has 1 aliphatic carbocycles. The van der Waals surface area contributed by atoms with Crippen LogP contribution >= 0.6 is 0 Å². The zero-order valence-corrected chi connectivity index (χ0v) is 14.9. The number of urea groups is 1. The number of benzene rings is 1. The van der Waals surface area contributed by atoms with Gasteiger partial charge in [-0.25, -0.2) is 4.79 Å². The van der Waals surface area contributed by atoms with Gasteiger partial charge in [-0.2, -0.15) is 0 Å². The van der Waals surface area contributed by atoms with Gasteiger partial charge in [0.1, 0.15) is 0 Å². The Morgan fingerprint density at radius 2 is 1.88 bits per heavy atom. The van der Waals surface area contributed by atoms with Gasteiger partial charge in [-0.05, 0) is 37.8 Å². The quantitative estimate of drug-likeness (QED) is 0.773. The summed E-state index contributed by atoms with van der Waals surface area (Å²) in [6.45, 7) is 3.39. The molecule has 0 atom stereocenters. The molecule has 0 spiro atoms. The number of hydrogen-bond donors (Lipinski definition) is 2. The first-order valence-corrected chi connectivity index (χ1v) is 8.78. The molecule has 136 valence electrons. The Labute approximate surface area is 148 Å². The van der Waals surface area contributed by atoms with Crippen LogP contribution in [0.4, 0.5) is 10.5 Å². The van der Waals surface area contributed by atoms with Crippen LogP contribution in [0.1, 0.15) is 49.7 Å². The van der Waals surface area contributed by atoms with E-state index in [1.165, 1.54) is 25.7 Å². The second-order valence-corrected chi connectivity index (χ2v) is 6.67. The molecular formula is C19H26N2O4. The summed E-state index contributed by atoms with van der Waals surface area (Å²) >= 11 is 0. The predicted octanol–water partition coefficient (Wildman–Crippen LogP) is 3.47. The van der Waals surface area contributed by atoms with E-state index in [-0.39, 0.29) is 0 Å². The summed E-state index contributed by atoms with van der Waals surface area (Å²) in [7, 11) is 0. The predicted molar refractivity (Wildman–Crippen MR) is 95.2 cm³/mol. The Bertz CT molecular complexity index is 636. The van der Waals surface area contributed by atoms with Crippen molar-refractivity contribution in [2.24, 2.45) is 5.92 Å². The summed E-state index contributed by atoms with van der Waals surface area (Å²) in [5, 5.41) is 4.76. The average Bonchev–Trinajstić information content (AvgIpc) is 3.07. The van der Waals surface area contributed by atoms with Crippen molar-refractivity contribution in [3.8, 4) is 0 Å². The lowest BCUT2D eigenvalue weighted by atomic mass is 10.0. The third kappa shape index (κ3) is 6.57. The maximum atomic E-state index is 11.8. The van der Waals surface area contributed by atoms with Crippen molar-refractivity contribution in [2.45, 2.75) is 52.4 Å². The molecule has 0 unspecified atom stereocenters. The highest BCUT2D eigenvalue weighted by Gasteiger charge is 2.17. The van der Waals surface area contributed by atoms with Crippen LogP contribution in [0.25, 0.3) is 0 Å². The maximum Gasteiger partial charge on any atom is 0.325 e. The van der Waals surface area contributed by atoms with Gasteiger partial charge in [-0.3, -0.25) is 14.9 Å². The fourth-order valence-corrected chi connectivity index (χ4v) is 3.11. The number of amides is 3. The van der Waals surface area contributed by atoms with Crippen LogP contribution in [-0.4, -0.2) is 24.5 Å². The van der Waals surface area contributed by atoms with Gasteiger partial charge in [-0.15, -0.1) is 0 Å². The summed E-state index contributed by atoms with van der Waals surface area (Å²) < 4.78 is 4.92. The van der Waals surface area contributed by atoms with Crippen molar-refractivity contribution in [1.82, 2.24) is 5.32 Å². The summed E-state index contributed by atoms with van der Waals surface area (Å²) in [4.78, 5) is 35.2. The number of carbonyl (C=O) groups excluding carboxylic acids is 3. The van der Waals surface area contributed by atoms with Crippen molar-refractivity contribution < 1.29 is 19.1 Å². The molecule has 0 aliphatic heterocycles. The van der Waals surface area contributed by atoms with E-state index in [2.05, 4.69) is 10.6 Å². The van der Waals surface area contributed by atoms with Crippen LogP contribution in [0.2, 0.25) is 0 Å². The third-order valence-electron chi connectivity index (χ3n) is 4.48.